The molecule has 0 atom stereocenters. The molecule has 0 aliphatic heterocycles. The second-order valence-electron chi connectivity index (χ2n) is 4.04. The number of hydrogen-bond donors (Lipinski definition) is 1. The lowest BCUT2D eigenvalue weighted by Crippen LogP contribution is -2.28. The Labute approximate surface area is 116 Å². The number of halogens is 3. The lowest BCUT2D eigenvalue weighted by molar-refractivity contribution is -0.189. The topological polar surface area (TPSA) is 91.2 Å². The molecule has 0 aliphatic carbocycles. The summed E-state index contributed by atoms with van der Waals surface area (Å²) in [6, 6.07) is 4.45. The highest BCUT2D eigenvalue weighted by Gasteiger charge is 2.42. The molecule has 0 amide bonds. The molecule has 0 bridgehead atoms. The molecule has 6 nitrogen and oxygen atoms in total. The van der Waals surface area contributed by atoms with Crippen molar-refractivity contribution < 1.29 is 27.1 Å². The molecule has 0 spiro atoms. The van der Waals surface area contributed by atoms with Crippen LogP contribution in [0.3, 0.4) is 0 Å². The Balaban J connectivity index is 2.43. The van der Waals surface area contributed by atoms with Crippen molar-refractivity contribution in [2.24, 2.45) is 5.73 Å². The number of aromatic nitrogens is 2. The summed E-state index contributed by atoms with van der Waals surface area (Å²) in [5, 5.41) is 7.26. The van der Waals surface area contributed by atoms with Gasteiger partial charge in [0, 0.05) is 0 Å². The molecular formula is C12H10F3N3O3. The van der Waals surface area contributed by atoms with E-state index in [1.54, 1.807) is 6.07 Å². The number of ether oxygens (including phenoxy) is 1. The zero-order valence-electron chi connectivity index (χ0n) is 10.8. The molecule has 0 saturated heterocycles. The van der Waals surface area contributed by atoms with Crippen molar-refractivity contribution in [1.29, 1.82) is 0 Å². The van der Waals surface area contributed by atoms with Crippen LogP contribution in [0.15, 0.2) is 22.6 Å². The standard InChI is InChI=1S/C12H10F3N3O3/c1-6-3-2-4-7(10-18-17-8(5-16)20-10)9(6)21-11(19)12(13,14)15/h2-4H,5,16H2,1H3. The molecule has 2 rings (SSSR count). The van der Waals surface area contributed by atoms with E-state index in [-0.39, 0.29) is 29.6 Å². The van der Waals surface area contributed by atoms with Gasteiger partial charge in [-0.1, -0.05) is 12.1 Å². The van der Waals surface area contributed by atoms with E-state index in [4.69, 9.17) is 10.2 Å². The van der Waals surface area contributed by atoms with Crippen LogP contribution in [0.25, 0.3) is 11.5 Å². The summed E-state index contributed by atoms with van der Waals surface area (Å²) in [5.41, 5.74) is 5.72. The van der Waals surface area contributed by atoms with Crippen LogP contribution in [-0.2, 0) is 11.3 Å². The Hall–Kier alpha value is -2.42. The first-order chi connectivity index (χ1) is 9.82. The van der Waals surface area contributed by atoms with Crippen molar-refractivity contribution in [2.45, 2.75) is 19.6 Å². The average Bonchev–Trinajstić information content (AvgIpc) is 2.88. The number of benzene rings is 1. The predicted molar refractivity (Wildman–Crippen MR) is 64.1 cm³/mol. The van der Waals surface area contributed by atoms with Crippen LogP contribution in [0.5, 0.6) is 5.75 Å². The van der Waals surface area contributed by atoms with Gasteiger partial charge in [-0.2, -0.15) is 13.2 Å². The van der Waals surface area contributed by atoms with Crippen molar-refractivity contribution in [3.63, 3.8) is 0 Å². The zero-order valence-corrected chi connectivity index (χ0v) is 10.8. The van der Waals surface area contributed by atoms with E-state index in [0.717, 1.165) is 0 Å². The van der Waals surface area contributed by atoms with Gasteiger partial charge in [0.25, 0.3) is 5.89 Å². The molecule has 112 valence electrons. The molecule has 2 aromatic rings. The van der Waals surface area contributed by atoms with E-state index < -0.39 is 12.1 Å². The number of rotatable bonds is 3. The highest BCUT2D eigenvalue weighted by Crippen LogP contribution is 2.33. The SMILES string of the molecule is Cc1cccc(-c2nnc(CN)o2)c1OC(=O)C(F)(F)F. The van der Waals surface area contributed by atoms with Gasteiger partial charge in [0.2, 0.25) is 5.89 Å². The van der Waals surface area contributed by atoms with Crippen molar-refractivity contribution in [2.75, 3.05) is 0 Å². The molecule has 2 N–H and O–H groups in total. The van der Waals surface area contributed by atoms with Gasteiger partial charge in [-0.15, -0.1) is 10.2 Å². The molecular weight excluding hydrogens is 291 g/mol. The van der Waals surface area contributed by atoms with Crippen LogP contribution in [-0.4, -0.2) is 22.3 Å². The average molecular weight is 301 g/mol. The molecule has 9 heteroatoms. The first-order valence-corrected chi connectivity index (χ1v) is 5.74. The maximum Gasteiger partial charge on any atom is 0.491 e. The van der Waals surface area contributed by atoms with Crippen LogP contribution < -0.4 is 10.5 Å². The summed E-state index contributed by atoms with van der Waals surface area (Å²) in [7, 11) is 0. The van der Waals surface area contributed by atoms with Gasteiger partial charge in [-0.05, 0) is 18.6 Å². The number of para-hydroxylation sites is 1. The van der Waals surface area contributed by atoms with E-state index >= 15 is 0 Å². The van der Waals surface area contributed by atoms with Crippen LogP contribution in [0.1, 0.15) is 11.5 Å². The minimum absolute atomic E-state index is 0.0174. The molecule has 1 aromatic heterocycles. The summed E-state index contributed by atoms with van der Waals surface area (Å²) in [6.07, 6.45) is -5.10. The number of nitrogens with two attached hydrogens (primary N) is 1. The predicted octanol–water partition coefficient (Wildman–Crippen LogP) is 1.97. The van der Waals surface area contributed by atoms with Gasteiger partial charge in [-0.25, -0.2) is 4.79 Å². The Bertz CT molecular complexity index is 667. The molecule has 0 aliphatic rings. The molecule has 0 unspecified atom stereocenters. The maximum absolute atomic E-state index is 12.3. The Morgan fingerprint density at radius 3 is 2.67 bits per heavy atom. The first-order valence-electron chi connectivity index (χ1n) is 5.74. The second kappa shape index (κ2) is 5.52. The van der Waals surface area contributed by atoms with Gasteiger partial charge in [0.1, 0.15) is 5.75 Å². The van der Waals surface area contributed by atoms with Gasteiger partial charge in [0.05, 0.1) is 12.1 Å². The number of alkyl halides is 3. The third-order valence-electron chi connectivity index (χ3n) is 2.51. The maximum atomic E-state index is 12.3. The Morgan fingerprint density at radius 2 is 2.10 bits per heavy atom. The number of carbonyl (C=O) groups is 1. The fraction of sp³-hybridized carbons (Fsp3) is 0.250. The van der Waals surface area contributed by atoms with E-state index in [2.05, 4.69) is 14.9 Å². The molecule has 1 aromatic carbocycles. The molecule has 0 fully saturated rings. The number of aryl methyl sites for hydroxylation is 1. The molecule has 0 saturated carbocycles. The number of esters is 1. The summed E-state index contributed by atoms with van der Waals surface area (Å²) in [6.45, 7) is 1.47. The van der Waals surface area contributed by atoms with Crippen molar-refractivity contribution in [3.05, 3.63) is 29.7 Å². The lowest BCUT2D eigenvalue weighted by atomic mass is 10.1. The first kappa shape index (κ1) is 15.0. The van der Waals surface area contributed by atoms with E-state index in [0.29, 0.717) is 5.56 Å². The largest absolute Gasteiger partial charge is 0.491 e. The van der Waals surface area contributed by atoms with Gasteiger partial charge in [0.15, 0.2) is 0 Å². The normalized spacial score (nSPS) is 11.5. The van der Waals surface area contributed by atoms with E-state index in [1.807, 2.05) is 0 Å². The van der Waals surface area contributed by atoms with Crippen molar-refractivity contribution in [3.8, 4) is 17.2 Å². The fourth-order valence-electron chi connectivity index (χ4n) is 1.55. The smallest absolute Gasteiger partial charge is 0.419 e. The Kier molecular flexibility index (Phi) is 3.94. The highest BCUT2D eigenvalue weighted by molar-refractivity contribution is 5.81. The molecule has 21 heavy (non-hydrogen) atoms. The van der Waals surface area contributed by atoms with Crippen LogP contribution >= 0.6 is 0 Å². The number of nitrogens with zero attached hydrogens (tertiary/aromatic N) is 2. The Morgan fingerprint density at radius 1 is 1.38 bits per heavy atom. The third kappa shape index (κ3) is 3.19. The summed E-state index contributed by atoms with van der Waals surface area (Å²) < 4.78 is 46.5. The van der Waals surface area contributed by atoms with Crippen LogP contribution in [0, 0.1) is 6.92 Å². The van der Waals surface area contributed by atoms with E-state index in [1.165, 1.54) is 19.1 Å². The molecule has 0 radical (unpaired) electrons. The number of carbonyl (C=O) groups excluding carboxylic acids is 1. The van der Waals surface area contributed by atoms with Gasteiger partial charge < -0.3 is 14.9 Å². The molecule has 1 heterocycles. The van der Waals surface area contributed by atoms with Crippen LogP contribution in [0.4, 0.5) is 13.2 Å². The summed E-state index contributed by atoms with van der Waals surface area (Å²) >= 11 is 0. The summed E-state index contributed by atoms with van der Waals surface area (Å²) in [4.78, 5) is 11.0. The minimum atomic E-state index is -5.10. The summed E-state index contributed by atoms with van der Waals surface area (Å²) in [5.74, 6) is -2.58. The second-order valence-corrected chi connectivity index (χ2v) is 4.04. The van der Waals surface area contributed by atoms with Gasteiger partial charge >= 0.3 is 12.1 Å². The minimum Gasteiger partial charge on any atom is -0.419 e. The van der Waals surface area contributed by atoms with Crippen molar-refractivity contribution >= 4 is 5.97 Å². The quantitative estimate of drug-likeness (QED) is 0.688. The highest BCUT2D eigenvalue weighted by atomic mass is 19.4. The fourth-order valence-corrected chi connectivity index (χ4v) is 1.55. The lowest BCUT2D eigenvalue weighted by Gasteiger charge is -2.11. The monoisotopic (exact) mass is 301 g/mol. The zero-order chi connectivity index (χ0) is 15.6. The van der Waals surface area contributed by atoms with Crippen molar-refractivity contribution in [1.82, 2.24) is 10.2 Å². The van der Waals surface area contributed by atoms with E-state index in [9.17, 15) is 18.0 Å². The van der Waals surface area contributed by atoms with Gasteiger partial charge in [-0.3, -0.25) is 0 Å². The third-order valence-corrected chi connectivity index (χ3v) is 2.51. The number of hydrogen-bond acceptors (Lipinski definition) is 6. The van der Waals surface area contributed by atoms with Crippen LogP contribution in [0.2, 0.25) is 0 Å².